The third-order valence-electron chi connectivity index (χ3n) is 7.80. The normalized spacial score (nSPS) is 11.7. The number of benzene rings is 6. The van der Waals surface area contributed by atoms with Crippen LogP contribution in [0.1, 0.15) is 0 Å². The van der Waals surface area contributed by atoms with Crippen molar-refractivity contribution >= 4 is 46.3 Å². The van der Waals surface area contributed by atoms with Crippen molar-refractivity contribution in [2.24, 2.45) is 0 Å². The molecule has 182 valence electrons. The van der Waals surface area contributed by atoms with Crippen molar-refractivity contribution in [1.29, 1.82) is 0 Å². The van der Waals surface area contributed by atoms with Gasteiger partial charge in [0.05, 0.1) is 0 Å². The lowest BCUT2D eigenvalue weighted by atomic mass is 10.3. The van der Waals surface area contributed by atoms with E-state index in [1.54, 1.807) is 0 Å². The molecule has 0 fully saturated rings. The quantitative estimate of drug-likeness (QED) is 0.217. The molecule has 0 aliphatic carbocycles. The molecule has 0 bridgehead atoms. The van der Waals surface area contributed by atoms with Gasteiger partial charge >= 0.3 is 0 Å². The zero-order valence-electron chi connectivity index (χ0n) is 21.3. The van der Waals surface area contributed by atoms with Crippen molar-refractivity contribution in [3.8, 4) is 0 Å². The standard InChI is InChI=1S/C36H30Si2/c1-7-19-31(20-8-1)37(32-21-9-2-10-22-32,33-23-11-3-12-24-33)38(34-25-13-4-14-26-34,35-27-15-5-16-28-35)36-29-17-6-18-30-36/h1-30H. The molecule has 0 saturated heterocycles. The highest BCUT2D eigenvalue weighted by Gasteiger charge is 2.61. The second-order valence-corrected chi connectivity index (χ2v) is 20.7. The minimum absolute atomic E-state index is 1.45. The van der Waals surface area contributed by atoms with Gasteiger partial charge in [0.25, 0.3) is 0 Å². The molecule has 6 aromatic rings. The Hall–Kier alpha value is -4.25. The van der Waals surface area contributed by atoms with E-state index in [1.165, 1.54) is 31.1 Å². The van der Waals surface area contributed by atoms with E-state index in [0.717, 1.165) is 0 Å². The largest absolute Gasteiger partial charge is 0.154 e. The summed E-state index contributed by atoms with van der Waals surface area (Å²) in [6.45, 7) is 0. The Bertz CT molecular complexity index is 1250. The average Bonchev–Trinajstić information content (AvgIpc) is 3.02. The maximum absolute atomic E-state index is 2.79. The number of hydrogen-bond acceptors (Lipinski definition) is 0. The fraction of sp³-hybridized carbons (Fsp3) is 0. The van der Waals surface area contributed by atoms with Crippen LogP contribution in [0.2, 0.25) is 0 Å². The summed E-state index contributed by atoms with van der Waals surface area (Å²) < 4.78 is 0. The fourth-order valence-electron chi connectivity index (χ4n) is 6.43. The summed E-state index contributed by atoms with van der Waals surface area (Å²) in [6.07, 6.45) is 0. The van der Waals surface area contributed by atoms with Gasteiger partial charge in [-0.1, -0.05) is 213 Å². The third kappa shape index (κ3) is 3.81. The van der Waals surface area contributed by atoms with E-state index in [0.29, 0.717) is 0 Å². The van der Waals surface area contributed by atoms with E-state index in [1.807, 2.05) is 0 Å². The molecule has 0 spiro atoms. The summed E-state index contributed by atoms with van der Waals surface area (Å²) in [4.78, 5) is 0. The van der Waals surface area contributed by atoms with Crippen LogP contribution in [0, 0.1) is 0 Å². The first kappa shape index (κ1) is 24.1. The maximum atomic E-state index is 2.39. The van der Waals surface area contributed by atoms with Gasteiger partial charge in [-0.25, -0.2) is 0 Å². The molecule has 0 aliphatic rings. The lowest BCUT2D eigenvalue weighted by Gasteiger charge is -2.50. The van der Waals surface area contributed by atoms with Crippen molar-refractivity contribution in [3.05, 3.63) is 182 Å². The average molecular weight is 519 g/mol. The van der Waals surface area contributed by atoms with Gasteiger partial charge in [-0.3, -0.25) is 0 Å². The van der Waals surface area contributed by atoms with Crippen LogP contribution in [-0.4, -0.2) is 15.2 Å². The van der Waals surface area contributed by atoms with Crippen LogP contribution in [-0.2, 0) is 0 Å². The summed E-state index contributed by atoms with van der Waals surface area (Å²) >= 11 is 0. The van der Waals surface area contributed by atoms with Crippen LogP contribution in [0.5, 0.6) is 0 Å². The molecule has 0 N–H and O–H groups in total. The molecule has 6 aromatic carbocycles. The van der Waals surface area contributed by atoms with Crippen LogP contribution in [0.15, 0.2) is 182 Å². The van der Waals surface area contributed by atoms with E-state index in [-0.39, 0.29) is 0 Å². The first-order chi connectivity index (χ1) is 18.9. The molecule has 0 unspecified atom stereocenters. The third-order valence-corrected chi connectivity index (χ3v) is 24.7. The summed E-state index contributed by atoms with van der Waals surface area (Å²) in [5, 5.41) is 8.67. The summed E-state index contributed by atoms with van der Waals surface area (Å²) in [5.74, 6) is 0. The van der Waals surface area contributed by atoms with Crippen LogP contribution in [0.3, 0.4) is 0 Å². The van der Waals surface area contributed by atoms with Crippen LogP contribution in [0.25, 0.3) is 0 Å². The van der Waals surface area contributed by atoms with E-state index >= 15 is 0 Å². The predicted molar refractivity (Wildman–Crippen MR) is 168 cm³/mol. The second kappa shape index (κ2) is 10.6. The van der Waals surface area contributed by atoms with E-state index < -0.39 is 15.2 Å². The van der Waals surface area contributed by atoms with Gasteiger partial charge in [0.2, 0.25) is 0 Å². The SMILES string of the molecule is c1ccc([Si](c2ccccc2)(c2ccccc2)[Si](c2ccccc2)(c2ccccc2)c2ccccc2)cc1. The van der Waals surface area contributed by atoms with Crippen molar-refractivity contribution in [3.63, 3.8) is 0 Å². The highest BCUT2D eigenvalue weighted by molar-refractivity contribution is 7.67. The zero-order valence-corrected chi connectivity index (χ0v) is 23.3. The van der Waals surface area contributed by atoms with Crippen molar-refractivity contribution in [1.82, 2.24) is 0 Å². The molecule has 0 amide bonds. The monoisotopic (exact) mass is 518 g/mol. The zero-order chi connectivity index (χ0) is 25.7. The van der Waals surface area contributed by atoms with Crippen LogP contribution in [0.4, 0.5) is 0 Å². The van der Waals surface area contributed by atoms with Gasteiger partial charge in [-0.05, 0) is 0 Å². The second-order valence-electron chi connectivity index (χ2n) is 9.70. The molecule has 0 saturated carbocycles. The van der Waals surface area contributed by atoms with E-state index in [2.05, 4.69) is 182 Å². The topological polar surface area (TPSA) is 0 Å². The fourth-order valence-corrected chi connectivity index (χ4v) is 26.0. The van der Waals surface area contributed by atoms with Crippen LogP contribution >= 0.6 is 0 Å². The molecular weight excluding hydrogens is 489 g/mol. The highest BCUT2D eigenvalue weighted by Crippen LogP contribution is 2.22. The van der Waals surface area contributed by atoms with Gasteiger partial charge in [-0.2, -0.15) is 0 Å². The summed E-state index contributed by atoms with van der Waals surface area (Å²) in [5.41, 5.74) is 0. The smallest absolute Gasteiger partial charge is 0.0624 e. The van der Waals surface area contributed by atoms with E-state index in [9.17, 15) is 0 Å². The molecule has 0 atom stereocenters. The molecule has 38 heavy (non-hydrogen) atoms. The Morgan fingerprint density at radius 2 is 0.316 bits per heavy atom. The predicted octanol–water partition coefficient (Wildman–Crippen LogP) is 4.41. The molecule has 0 nitrogen and oxygen atoms in total. The van der Waals surface area contributed by atoms with Crippen molar-refractivity contribution in [2.75, 3.05) is 0 Å². The first-order valence-electron chi connectivity index (χ1n) is 13.2. The minimum Gasteiger partial charge on any atom is -0.0624 e. The lowest BCUT2D eigenvalue weighted by molar-refractivity contribution is 1.66. The van der Waals surface area contributed by atoms with Gasteiger partial charge in [0.15, 0.2) is 15.2 Å². The van der Waals surface area contributed by atoms with E-state index in [4.69, 9.17) is 0 Å². The highest BCUT2D eigenvalue weighted by atomic mass is 29.3. The Morgan fingerprint density at radius 1 is 0.184 bits per heavy atom. The van der Waals surface area contributed by atoms with Crippen LogP contribution < -0.4 is 31.1 Å². The molecule has 2 heteroatoms. The van der Waals surface area contributed by atoms with Gasteiger partial charge < -0.3 is 0 Å². The van der Waals surface area contributed by atoms with Gasteiger partial charge in [-0.15, -0.1) is 0 Å². The molecule has 6 rings (SSSR count). The Morgan fingerprint density at radius 3 is 0.447 bits per heavy atom. The Labute approximate surface area is 227 Å². The minimum atomic E-state index is -2.79. The Kier molecular flexibility index (Phi) is 6.74. The summed E-state index contributed by atoms with van der Waals surface area (Å²) in [7, 11) is -5.57. The summed E-state index contributed by atoms with van der Waals surface area (Å²) in [6, 6.07) is 68.3. The van der Waals surface area contributed by atoms with Crippen molar-refractivity contribution < 1.29 is 0 Å². The number of hydrogen-bond donors (Lipinski definition) is 0. The van der Waals surface area contributed by atoms with Gasteiger partial charge in [0, 0.05) is 0 Å². The maximum Gasteiger partial charge on any atom is 0.154 e. The Balaban J connectivity index is 1.93. The molecule has 0 heterocycles. The lowest BCUT2D eigenvalue weighted by Crippen LogP contribution is -2.94. The molecule has 0 radical (unpaired) electrons. The molecule has 0 aliphatic heterocycles. The van der Waals surface area contributed by atoms with Gasteiger partial charge in [0.1, 0.15) is 0 Å². The molecule has 0 aromatic heterocycles. The van der Waals surface area contributed by atoms with Crippen molar-refractivity contribution in [2.45, 2.75) is 0 Å². The first-order valence-corrected chi connectivity index (χ1v) is 18.2. The number of rotatable bonds is 7. The molecular formula is C36H30Si2.